The summed E-state index contributed by atoms with van der Waals surface area (Å²) in [5.74, 6) is 1.98. The zero-order chi connectivity index (χ0) is 14.2. The number of hydrogen-bond donors (Lipinski definition) is 2. The maximum atomic E-state index is 9.92. The average Bonchev–Trinajstić information content (AvgIpc) is 3.14. The molecule has 1 aromatic carbocycles. The van der Waals surface area contributed by atoms with E-state index in [2.05, 4.69) is 25.1 Å². The van der Waals surface area contributed by atoms with E-state index in [1.165, 1.54) is 11.3 Å². The van der Waals surface area contributed by atoms with Crippen LogP contribution in [0, 0.1) is 0 Å². The van der Waals surface area contributed by atoms with Crippen LogP contribution in [0.15, 0.2) is 29.6 Å². The molecule has 2 aromatic heterocycles. The molecule has 0 radical (unpaired) electrons. The molecule has 1 aliphatic heterocycles. The molecule has 3 aromatic rings. The second-order valence-corrected chi connectivity index (χ2v) is 5.68. The summed E-state index contributed by atoms with van der Waals surface area (Å²) in [4.78, 5) is 4.61. The van der Waals surface area contributed by atoms with Crippen molar-refractivity contribution in [3.63, 3.8) is 0 Å². The van der Waals surface area contributed by atoms with Crippen LogP contribution in [0.4, 0.5) is 0 Å². The van der Waals surface area contributed by atoms with E-state index in [4.69, 9.17) is 0 Å². The Bertz CT molecular complexity index is 800. The SMILES string of the molecule is Cl.Oc1ccccc1-c1nc(-c2nnc3n2CCNC3)cs1. The Kier molecular flexibility index (Phi) is 4.10. The number of para-hydroxylation sites is 1. The van der Waals surface area contributed by atoms with E-state index >= 15 is 0 Å². The fraction of sp³-hybridized carbons (Fsp3) is 0.214. The van der Waals surface area contributed by atoms with Gasteiger partial charge in [-0.15, -0.1) is 33.9 Å². The Labute approximate surface area is 137 Å². The fourth-order valence-electron chi connectivity index (χ4n) is 2.44. The first-order valence-electron chi connectivity index (χ1n) is 6.70. The molecule has 0 saturated heterocycles. The molecule has 0 unspecified atom stereocenters. The van der Waals surface area contributed by atoms with Crippen LogP contribution in [0.3, 0.4) is 0 Å². The van der Waals surface area contributed by atoms with Crippen LogP contribution in [0.1, 0.15) is 5.82 Å². The van der Waals surface area contributed by atoms with Gasteiger partial charge in [0.15, 0.2) is 5.82 Å². The number of halogens is 1. The van der Waals surface area contributed by atoms with E-state index in [1.807, 2.05) is 17.5 Å². The van der Waals surface area contributed by atoms with Crippen LogP contribution in [-0.4, -0.2) is 31.4 Å². The standard InChI is InChI=1S/C14H13N5OS.ClH/c20-11-4-2-1-3-9(11)14-16-10(8-21-14)13-18-17-12-7-15-5-6-19(12)13;/h1-4,8,15,20H,5-7H2;1H. The zero-order valence-corrected chi connectivity index (χ0v) is 13.2. The fourth-order valence-corrected chi connectivity index (χ4v) is 3.27. The van der Waals surface area contributed by atoms with Crippen LogP contribution < -0.4 is 5.32 Å². The average molecular weight is 336 g/mol. The summed E-state index contributed by atoms with van der Waals surface area (Å²) in [7, 11) is 0. The van der Waals surface area contributed by atoms with Crippen molar-refractivity contribution in [3.05, 3.63) is 35.5 Å². The molecule has 0 saturated carbocycles. The molecule has 0 bridgehead atoms. The Hall–Kier alpha value is -1.96. The van der Waals surface area contributed by atoms with Crippen molar-refractivity contribution in [2.45, 2.75) is 13.1 Å². The van der Waals surface area contributed by atoms with Gasteiger partial charge in [-0.05, 0) is 12.1 Å². The molecule has 8 heteroatoms. The molecular weight excluding hydrogens is 322 g/mol. The third-order valence-electron chi connectivity index (χ3n) is 3.49. The van der Waals surface area contributed by atoms with Crippen molar-refractivity contribution in [1.29, 1.82) is 0 Å². The monoisotopic (exact) mass is 335 g/mol. The summed E-state index contributed by atoms with van der Waals surface area (Å²) >= 11 is 1.50. The molecule has 0 atom stereocenters. The van der Waals surface area contributed by atoms with Gasteiger partial charge in [-0.25, -0.2) is 4.98 Å². The molecular formula is C14H14ClN5OS. The third kappa shape index (κ3) is 2.47. The molecule has 3 heterocycles. The van der Waals surface area contributed by atoms with Gasteiger partial charge in [-0.1, -0.05) is 12.1 Å². The minimum absolute atomic E-state index is 0. The number of benzene rings is 1. The van der Waals surface area contributed by atoms with Crippen LogP contribution in [-0.2, 0) is 13.1 Å². The Balaban J connectivity index is 0.00000144. The largest absolute Gasteiger partial charge is 0.507 e. The van der Waals surface area contributed by atoms with Crippen molar-refractivity contribution in [2.24, 2.45) is 0 Å². The third-order valence-corrected chi connectivity index (χ3v) is 4.37. The lowest BCUT2D eigenvalue weighted by atomic mass is 10.2. The van der Waals surface area contributed by atoms with Crippen molar-refractivity contribution in [3.8, 4) is 27.8 Å². The van der Waals surface area contributed by atoms with Crippen molar-refractivity contribution in [1.82, 2.24) is 25.1 Å². The van der Waals surface area contributed by atoms with Crippen LogP contribution in [0.5, 0.6) is 5.75 Å². The Morgan fingerprint density at radius 2 is 2.09 bits per heavy atom. The summed E-state index contributed by atoms with van der Waals surface area (Å²) in [6, 6.07) is 7.22. The van der Waals surface area contributed by atoms with Gasteiger partial charge in [-0.3, -0.25) is 0 Å². The number of nitrogens with one attached hydrogen (secondary N) is 1. The highest BCUT2D eigenvalue weighted by Crippen LogP contribution is 2.33. The number of nitrogens with zero attached hydrogens (tertiary/aromatic N) is 4. The van der Waals surface area contributed by atoms with Crippen molar-refractivity contribution >= 4 is 23.7 Å². The number of aromatic nitrogens is 4. The predicted octanol–water partition coefficient (Wildman–Crippen LogP) is 2.30. The van der Waals surface area contributed by atoms with E-state index < -0.39 is 0 Å². The lowest BCUT2D eigenvalue weighted by molar-refractivity contribution is 0.477. The van der Waals surface area contributed by atoms with Gasteiger partial charge < -0.3 is 15.0 Å². The van der Waals surface area contributed by atoms with Crippen molar-refractivity contribution < 1.29 is 5.11 Å². The highest BCUT2D eigenvalue weighted by molar-refractivity contribution is 7.13. The zero-order valence-electron chi connectivity index (χ0n) is 11.6. The minimum atomic E-state index is 0. The van der Waals surface area contributed by atoms with Gasteiger partial charge in [0.25, 0.3) is 0 Å². The lowest BCUT2D eigenvalue weighted by Crippen LogP contribution is -2.28. The normalized spacial score (nSPS) is 13.5. The summed E-state index contributed by atoms with van der Waals surface area (Å²) in [5.41, 5.74) is 1.55. The van der Waals surface area contributed by atoms with Crippen LogP contribution >= 0.6 is 23.7 Å². The van der Waals surface area contributed by atoms with Gasteiger partial charge >= 0.3 is 0 Å². The predicted molar refractivity (Wildman–Crippen MR) is 87.2 cm³/mol. The molecule has 2 N–H and O–H groups in total. The summed E-state index contributed by atoms with van der Waals surface area (Å²) in [6.07, 6.45) is 0. The molecule has 6 nitrogen and oxygen atoms in total. The van der Waals surface area contributed by atoms with Gasteiger partial charge in [0.1, 0.15) is 22.3 Å². The summed E-state index contributed by atoms with van der Waals surface area (Å²) < 4.78 is 2.10. The number of phenolic OH excluding ortho intramolecular Hbond substituents is 1. The summed E-state index contributed by atoms with van der Waals surface area (Å²) in [6.45, 7) is 2.50. The maximum Gasteiger partial charge on any atom is 0.183 e. The molecule has 4 rings (SSSR count). The second kappa shape index (κ2) is 6.04. The molecule has 0 spiro atoms. The second-order valence-electron chi connectivity index (χ2n) is 4.82. The van der Waals surface area contributed by atoms with Gasteiger partial charge in [-0.2, -0.15) is 0 Å². The molecule has 22 heavy (non-hydrogen) atoms. The van der Waals surface area contributed by atoms with Crippen LogP contribution in [0.2, 0.25) is 0 Å². The van der Waals surface area contributed by atoms with E-state index in [1.54, 1.807) is 12.1 Å². The maximum absolute atomic E-state index is 9.92. The number of rotatable bonds is 2. The van der Waals surface area contributed by atoms with E-state index in [9.17, 15) is 5.11 Å². The first-order valence-corrected chi connectivity index (χ1v) is 7.58. The van der Waals surface area contributed by atoms with E-state index in [0.717, 1.165) is 47.5 Å². The first kappa shape index (κ1) is 15.0. The van der Waals surface area contributed by atoms with Gasteiger partial charge in [0.05, 0.1) is 12.1 Å². The minimum Gasteiger partial charge on any atom is -0.507 e. The Morgan fingerprint density at radius 3 is 2.95 bits per heavy atom. The number of hydrogen-bond acceptors (Lipinski definition) is 6. The molecule has 1 aliphatic rings. The highest BCUT2D eigenvalue weighted by Gasteiger charge is 2.19. The number of thiazole rings is 1. The molecule has 114 valence electrons. The van der Waals surface area contributed by atoms with Crippen LogP contribution in [0.25, 0.3) is 22.1 Å². The highest BCUT2D eigenvalue weighted by atomic mass is 35.5. The number of phenols is 1. The molecule has 0 amide bonds. The summed E-state index contributed by atoms with van der Waals surface area (Å²) in [5, 5.41) is 24.4. The number of aromatic hydroxyl groups is 1. The molecule has 0 aliphatic carbocycles. The molecule has 0 fully saturated rings. The van der Waals surface area contributed by atoms with E-state index in [-0.39, 0.29) is 18.2 Å². The first-order chi connectivity index (χ1) is 10.3. The van der Waals surface area contributed by atoms with E-state index in [0.29, 0.717) is 0 Å². The topological polar surface area (TPSA) is 75.9 Å². The van der Waals surface area contributed by atoms with Crippen molar-refractivity contribution in [2.75, 3.05) is 6.54 Å². The van der Waals surface area contributed by atoms with Gasteiger partial charge in [0, 0.05) is 18.5 Å². The smallest absolute Gasteiger partial charge is 0.183 e. The quantitative estimate of drug-likeness (QED) is 0.751. The van der Waals surface area contributed by atoms with Gasteiger partial charge in [0.2, 0.25) is 0 Å². The lowest BCUT2D eigenvalue weighted by Gasteiger charge is -2.15. The number of fused-ring (bicyclic) bond motifs is 1. The Morgan fingerprint density at radius 1 is 1.23 bits per heavy atom.